The minimum atomic E-state index is -0.325. The summed E-state index contributed by atoms with van der Waals surface area (Å²) in [5.41, 5.74) is 2.15. The molecular weight excluding hydrogens is 354 g/mol. The zero-order valence-corrected chi connectivity index (χ0v) is 15.6. The summed E-state index contributed by atoms with van der Waals surface area (Å²) in [7, 11) is 2.10. The molecule has 0 radical (unpaired) electrons. The number of nitro benzene ring substituents is 1. The summed E-state index contributed by atoms with van der Waals surface area (Å²) < 4.78 is 6.39. The van der Waals surface area contributed by atoms with Gasteiger partial charge in [-0.05, 0) is 29.4 Å². The van der Waals surface area contributed by atoms with Crippen LogP contribution in [0.2, 0.25) is 0 Å². The zero-order valence-electron chi connectivity index (χ0n) is 15.6. The monoisotopic (exact) mass is 375 g/mol. The topological polar surface area (TPSA) is 58.9 Å². The van der Waals surface area contributed by atoms with Crippen molar-refractivity contribution >= 4 is 16.5 Å². The summed E-state index contributed by atoms with van der Waals surface area (Å²) in [5.74, 6) is 0.867. The van der Waals surface area contributed by atoms with Crippen LogP contribution in [0.25, 0.3) is 10.8 Å². The van der Waals surface area contributed by atoms with Crippen LogP contribution in [0.4, 0.5) is 5.69 Å². The highest BCUT2D eigenvalue weighted by Crippen LogP contribution is 2.45. The van der Waals surface area contributed by atoms with E-state index < -0.39 is 0 Å². The van der Waals surface area contributed by atoms with Crippen molar-refractivity contribution in [2.24, 2.45) is 0 Å². The van der Waals surface area contributed by atoms with Crippen LogP contribution in [-0.4, -0.2) is 47.6 Å². The number of hydrogen-bond acceptors (Lipinski definition) is 5. The second kappa shape index (κ2) is 6.58. The third-order valence-corrected chi connectivity index (χ3v) is 5.77. The Morgan fingerprint density at radius 1 is 1.07 bits per heavy atom. The number of nitro groups is 1. The summed E-state index contributed by atoms with van der Waals surface area (Å²) in [5, 5.41) is 13.7. The molecule has 2 aliphatic rings. The van der Waals surface area contributed by atoms with Crippen LogP contribution in [0.15, 0.2) is 60.7 Å². The molecule has 1 fully saturated rings. The van der Waals surface area contributed by atoms with Gasteiger partial charge in [-0.15, -0.1) is 0 Å². The molecule has 0 spiro atoms. The van der Waals surface area contributed by atoms with E-state index in [1.807, 2.05) is 24.3 Å². The predicted molar refractivity (Wildman–Crippen MR) is 108 cm³/mol. The molecule has 6 nitrogen and oxygen atoms in total. The van der Waals surface area contributed by atoms with Gasteiger partial charge in [0.05, 0.1) is 11.0 Å². The Bertz CT molecular complexity index is 1070. The lowest BCUT2D eigenvalue weighted by Crippen LogP contribution is -2.57. The van der Waals surface area contributed by atoms with Gasteiger partial charge in [-0.1, -0.05) is 42.5 Å². The molecule has 2 atom stereocenters. The first-order chi connectivity index (χ1) is 13.6. The molecule has 0 amide bonds. The molecule has 2 aliphatic heterocycles. The third kappa shape index (κ3) is 2.73. The van der Waals surface area contributed by atoms with Gasteiger partial charge in [0.15, 0.2) is 6.23 Å². The smallest absolute Gasteiger partial charge is 0.269 e. The van der Waals surface area contributed by atoms with Gasteiger partial charge in [-0.25, -0.2) is 0 Å². The number of ether oxygens (including phenoxy) is 1. The maximum atomic E-state index is 11.4. The fraction of sp³-hybridized carbons (Fsp3) is 0.273. The second-order valence-corrected chi connectivity index (χ2v) is 7.53. The number of nitrogens with zero attached hydrogens (tertiary/aromatic N) is 3. The molecule has 1 saturated heterocycles. The minimum absolute atomic E-state index is 0.0725. The summed E-state index contributed by atoms with van der Waals surface area (Å²) in [6, 6.07) is 19.3. The molecule has 6 heteroatoms. The van der Waals surface area contributed by atoms with Crippen molar-refractivity contribution in [2.75, 3.05) is 26.7 Å². The first-order valence-electron chi connectivity index (χ1n) is 9.49. The van der Waals surface area contributed by atoms with E-state index in [2.05, 4.69) is 35.0 Å². The van der Waals surface area contributed by atoms with Crippen molar-refractivity contribution in [2.45, 2.75) is 12.3 Å². The van der Waals surface area contributed by atoms with Crippen molar-refractivity contribution in [1.29, 1.82) is 0 Å². The Balaban J connectivity index is 1.74. The summed E-state index contributed by atoms with van der Waals surface area (Å²) in [4.78, 5) is 15.7. The highest BCUT2D eigenvalue weighted by molar-refractivity contribution is 5.89. The van der Waals surface area contributed by atoms with Crippen LogP contribution in [0, 0.1) is 10.1 Å². The van der Waals surface area contributed by atoms with Crippen LogP contribution < -0.4 is 4.74 Å². The Kier molecular flexibility index (Phi) is 4.03. The van der Waals surface area contributed by atoms with Crippen LogP contribution in [0.1, 0.15) is 17.2 Å². The van der Waals surface area contributed by atoms with E-state index in [4.69, 9.17) is 4.74 Å². The van der Waals surface area contributed by atoms with Crippen LogP contribution in [-0.2, 0) is 0 Å². The van der Waals surface area contributed by atoms with E-state index in [0.29, 0.717) is 0 Å². The fourth-order valence-corrected chi connectivity index (χ4v) is 4.43. The average Bonchev–Trinajstić information content (AvgIpc) is 2.71. The highest BCUT2D eigenvalue weighted by Gasteiger charge is 2.40. The van der Waals surface area contributed by atoms with E-state index in [0.717, 1.165) is 47.3 Å². The van der Waals surface area contributed by atoms with Gasteiger partial charge >= 0.3 is 0 Å². The normalized spacial score (nSPS) is 22.3. The summed E-state index contributed by atoms with van der Waals surface area (Å²) in [6.07, 6.45) is -0.0725. The van der Waals surface area contributed by atoms with Crippen molar-refractivity contribution in [3.05, 3.63) is 81.9 Å². The first-order valence-corrected chi connectivity index (χ1v) is 9.49. The number of rotatable bonds is 2. The molecule has 2 heterocycles. The SMILES string of the molecule is CN1CCN2[C@H](c3cccc([N+](=O)[O-])c3)c3c(ccc4ccccc34)O[C@H]2C1. The van der Waals surface area contributed by atoms with Crippen LogP contribution >= 0.6 is 0 Å². The van der Waals surface area contributed by atoms with Gasteiger partial charge in [-0.3, -0.25) is 15.0 Å². The number of piperazine rings is 1. The molecule has 0 unspecified atom stereocenters. The van der Waals surface area contributed by atoms with Crippen molar-refractivity contribution < 1.29 is 9.66 Å². The number of fused-ring (bicyclic) bond motifs is 4. The summed E-state index contributed by atoms with van der Waals surface area (Å²) >= 11 is 0. The molecule has 3 aromatic rings. The van der Waals surface area contributed by atoms with Gasteiger partial charge in [0.25, 0.3) is 5.69 Å². The lowest BCUT2D eigenvalue weighted by Gasteiger charge is -2.48. The Labute approximate surface area is 163 Å². The fourth-order valence-electron chi connectivity index (χ4n) is 4.43. The van der Waals surface area contributed by atoms with Gasteiger partial charge < -0.3 is 9.64 Å². The van der Waals surface area contributed by atoms with Gasteiger partial charge in [0.2, 0.25) is 0 Å². The molecule has 142 valence electrons. The van der Waals surface area contributed by atoms with Gasteiger partial charge in [0.1, 0.15) is 5.75 Å². The molecule has 0 aromatic heterocycles. The van der Waals surface area contributed by atoms with Gasteiger partial charge in [-0.2, -0.15) is 0 Å². The Hall–Kier alpha value is -2.96. The molecular formula is C22H21N3O3. The standard InChI is InChI=1S/C22H21N3O3/c1-23-11-12-24-20(14-23)28-19-10-9-15-5-2-3-8-18(15)21(19)22(24)16-6-4-7-17(13-16)25(26)27/h2-10,13,20,22H,11-12,14H2,1H3/t20-,22+/m0/s1. The molecule has 5 rings (SSSR count). The van der Waals surface area contributed by atoms with E-state index in [1.54, 1.807) is 18.2 Å². The quantitative estimate of drug-likeness (QED) is 0.504. The van der Waals surface area contributed by atoms with Gasteiger partial charge in [0, 0.05) is 37.3 Å². The third-order valence-electron chi connectivity index (χ3n) is 5.77. The number of benzene rings is 3. The molecule has 3 aromatic carbocycles. The number of likely N-dealkylation sites (N-methyl/N-ethyl adjacent to an activating group) is 1. The Morgan fingerprint density at radius 3 is 2.79 bits per heavy atom. The highest BCUT2D eigenvalue weighted by atomic mass is 16.6. The van der Waals surface area contributed by atoms with Crippen LogP contribution in [0.5, 0.6) is 5.75 Å². The predicted octanol–water partition coefficient (Wildman–Crippen LogP) is 3.80. The van der Waals surface area contributed by atoms with Crippen molar-refractivity contribution in [3.8, 4) is 5.75 Å². The van der Waals surface area contributed by atoms with E-state index >= 15 is 0 Å². The van der Waals surface area contributed by atoms with Crippen molar-refractivity contribution in [1.82, 2.24) is 9.80 Å². The maximum Gasteiger partial charge on any atom is 0.269 e. The lowest BCUT2D eigenvalue weighted by atomic mass is 9.89. The second-order valence-electron chi connectivity index (χ2n) is 7.53. The molecule has 0 bridgehead atoms. The largest absolute Gasteiger partial charge is 0.473 e. The summed E-state index contributed by atoms with van der Waals surface area (Å²) in [6.45, 7) is 2.58. The molecule has 0 N–H and O–H groups in total. The number of non-ortho nitro benzene ring substituents is 1. The van der Waals surface area contributed by atoms with E-state index in [-0.39, 0.29) is 22.9 Å². The van der Waals surface area contributed by atoms with E-state index in [1.165, 1.54) is 0 Å². The minimum Gasteiger partial charge on any atom is -0.473 e. The van der Waals surface area contributed by atoms with E-state index in [9.17, 15) is 10.1 Å². The zero-order chi connectivity index (χ0) is 19.3. The Morgan fingerprint density at radius 2 is 1.93 bits per heavy atom. The molecule has 0 saturated carbocycles. The lowest BCUT2D eigenvalue weighted by molar-refractivity contribution is -0.385. The number of hydrogen-bond donors (Lipinski definition) is 0. The molecule has 28 heavy (non-hydrogen) atoms. The molecule has 0 aliphatic carbocycles. The van der Waals surface area contributed by atoms with Crippen molar-refractivity contribution in [3.63, 3.8) is 0 Å². The van der Waals surface area contributed by atoms with Crippen LogP contribution in [0.3, 0.4) is 0 Å². The maximum absolute atomic E-state index is 11.4. The first kappa shape index (κ1) is 17.2. The average molecular weight is 375 g/mol.